The number of nitrogens with zero attached hydrogens (tertiary/aromatic N) is 1. The lowest BCUT2D eigenvalue weighted by Crippen LogP contribution is -1.87. The molecule has 2 aromatic rings. The zero-order chi connectivity index (χ0) is 17.2. The quantitative estimate of drug-likeness (QED) is 0.667. The van der Waals surface area contributed by atoms with Crippen LogP contribution in [-0.2, 0) is 6.42 Å². The number of ether oxygens (including phenoxy) is 1. The van der Waals surface area contributed by atoms with Crippen molar-refractivity contribution in [3.63, 3.8) is 0 Å². The van der Waals surface area contributed by atoms with Gasteiger partial charge in [-0.15, -0.1) is 12.6 Å². The fourth-order valence-electron chi connectivity index (χ4n) is 1.92. The zero-order valence-electron chi connectivity index (χ0n) is 13.2. The highest BCUT2D eigenvalue weighted by atomic mass is 32.1. The molecule has 2 rings (SSSR count). The van der Waals surface area contributed by atoms with E-state index in [-0.39, 0.29) is 0 Å². The van der Waals surface area contributed by atoms with Crippen LogP contribution in [0.5, 0.6) is 5.75 Å². The fourth-order valence-corrected chi connectivity index (χ4v) is 2.20. The van der Waals surface area contributed by atoms with E-state index in [9.17, 15) is 0 Å². The minimum Gasteiger partial charge on any atom is -0.497 e. The molecule has 0 aliphatic rings. The predicted octanol–water partition coefficient (Wildman–Crippen LogP) is 4.01. The van der Waals surface area contributed by atoms with E-state index in [0.29, 0.717) is 12.0 Å². The lowest BCUT2D eigenvalue weighted by molar-refractivity contribution is 0.413. The van der Waals surface area contributed by atoms with E-state index in [2.05, 4.69) is 42.4 Å². The molecule has 2 nitrogen and oxygen atoms in total. The van der Waals surface area contributed by atoms with Gasteiger partial charge < -0.3 is 4.74 Å². The summed E-state index contributed by atoms with van der Waals surface area (Å²) >= 11 is 4.42. The van der Waals surface area contributed by atoms with Crippen molar-refractivity contribution in [3.05, 3.63) is 71.3 Å². The summed E-state index contributed by atoms with van der Waals surface area (Å²) in [5.41, 5.74) is 2.34. The Kier molecular flexibility index (Phi) is 6.60. The highest BCUT2D eigenvalue weighted by Gasteiger charge is 1.99. The highest BCUT2D eigenvalue weighted by molar-refractivity contribution is 7.80. The monoisotopic (exact) mass is 329 g/mol. The average Bonchev–Trinajstić information content (AvgIpc) is 2.62. The molecule has 2 aromatic carbocycles. The second-order valence-electron chi connectivity index (χ2n) is 4.75. The summed E-state index contributed by atoms with van der Waals surface area (Å²) in [5, 5.41) is 8.98. The van der Waals surface area contributed by atoms with Crippen molar-refractivity contribution in [2.75, 3.05) is 7.11 Å². The Bertz CT molecular complexity index is 915. The lowest BCUT2D eigenvalue weighted by Gasteiger charge is -2.03. The first kappa shape index (κ1) is 17.3. The van der Waals surface area contributed by atoms with Crippen LogP contribution in [0, 0.1) is 35.0 Å². The van der Waals surface area contributed by atoms with Gasteiger partial charge in [-0.1, -0.05) is 41.9 Å². The van der Waals surface area contributed by atoms with E-state index < -0.39 is 0 Å². The predicted molar refractivity (Wildman–Crippen MR) is 98.9 cm³/mol. The van der Waals surface area contributed by atoms with Gasteiger partial charge in [-0.25, -0.2) is 0 Å². The van der Waals surface area contributed by atoms with Crippen LogP contribution in [0.1, 0.15) is 16.7 Å². The minimum atomic E-state index is 0.574. The molecule has 0 heterocycles. The first-order chi connectivity index (χ1) is 11.7. The van der Waals surface area contributed by atoms with Gasteiger partial charge in [0.05, 0.1) is 12.7 Å². The molecule has 0 aromatic heterocycles. The topological polar surface area (TPSA) is 33.0 Å². The van der Waals surface area contributed by atoms with Gasteiger partial charge in [0.2, 0.25) is 0 Å². The van der Waals surface area contributed by atoms with Crippen LogP contribution in [0.3, 0.4) is 0 Å². The maximum absolute atomic E-state index is 8.98. The number of rotatable bonds is 2. The summed E-state index contributed by atoms with van der Waals surface area (Å²) in [6.45, 7) is 0. The van der Waals surface area contributed by atoms with Crippen LogP contribution in [-0.4, -0.2) is 7.11 Å². The van der Waals surface area contributed by atoms with E-state index in [1.807, 2.05) is 36.4 Å². The number of allylic oxidation sites excluding steroid dienone is 2. The van der Waals surface area contributed by atoms with E-state index in [1.165, 1.54) is 0 Å². The molecular formula is C21H15NOS. The molecule has 0 aliphatic carbocycles. The van der Waals surface area contributed by atoms with Gasteiger partial charge in [-0.2, -0.15) is 5.26 Å². The lowest BCUT2D eigenvalue weighted by atomic mass is 10.1. The van der Waals surface area contributed by atoms with Crippen LogP contribution in [0.2, 0.25) is 0 Å². The van der Waals surface area contributed by atoms with E-state index >= 15 is 0 Å². The van der Waals surface area contributed by atoms with Crippen molar-refractivity contribution in [2.24, 2.45) is 0 Å². The highest BCUT2D eigenvalue weighted by Crippen LogP contribution is 2.20. The summed E-state index contributed by atoms with van der Waals surface area (Å²) in [6.07, 6.45) is 3.98. The van der Waals surface area contributed by atoms with Crippen molar-refractivity contribution in [3.8, 4) is 35.5 Å². The number of hydrogen-bond donors (Lipinski definition) is 1. The first-order valence-electron chi connectivity index (χ1n) is 7.24. The van der Waals surface area contributed by atoms with Gasteiger partial charge in [-0.3, -0.25) is 0 Å². The Morgan fingerprint density at radius 2 is 1.83 bits per heavy atom. The van der Waals surface area contributed by atoms with Gasteiger partial charge in [-0.05, 0) is 42.0 Å². The summed E-state index contributed by atoms with van der Waals surface area (Å²) in [4.78, 5) is 0.862. The Hall–Kier alpha value is -3.06. The summed E-state index contributed by atoms with van der Waals surface area (Å²) < 4.78 is 5.14. The van der Waals surface area contributed by atoms with Gasteiger partial charge in [0, 0.05) is 16.9 Å². The van der Waals surface area contributed by atoms with Gasteiger partial charge in [0.25, 0.3) is 0 Å². The molecule has 24 heavy (non-hydrogen) atoms. The zero-order valence-corrected chi connectivity index (χ0v) is 14.1. The van der Waals surface area contributed by atoms with Crippen LogP contribution >= 0.6 is 12.6 Å². The first-order valence-corrected chi connectivity index (χ1v) is 7.69. The van der Waals surface area contributed by atoms with Crippen LogP contribution in [0.25, 0.3) is 0 Å². The molecule has 116 valence electrons. The second-order valence-corrected chi connectivity index (χ2v) is 5.23. The molecule has 0 spiro atoms. The molecule has 0 fully saturated rings. The molecule has 3 heteroatoms. The largest absolute Gasteiger partial charge is 0.497 e. The molecule has 0 saturated heterocycles. The van der Waals surface area contributed by atoms with Crippen LogP contribution in [0.4, 0.5) is 0 Å². The maximum atomic E-state index is 8.98. The molecule has 0 saturated carbocycles. The average molecular weight is 329 g/mol. The Morgan fingerprint density at radius 1 is 1.08 bits per heavy atom. The molecule has 0 atom stereocenters. The van der Waals surface area contributed by atoms with E-state index in [1.54, 1.807) is 25.3 Å². The molecule has 0 bridgehead atoms. The van der Waals surface area contributed by atoms with Crippen molar-refractivity contribution in [2.45, 2.75) is 11.3 Å². The number of hydrogen-bond acceptors (Lipinski definition) is 3. The SMILES string of the molecule is COc1ccc(CC#CC=CC#Cc2ccccc2C#N)c(S)c1. The third-order valence-electron chi connectivity index (χ3n) is 3.18. The summed E-state index contributed by atoms with van der Waals surface area (Å²) in [6, 6.07) is 15.1. The van der Waals surface area contributed by atoms with Crippen molar-refractivity contribution < 1.29 is 4.74 Å². The third-order valence-corrected chi connectivity index (χ3v) is 3.59. The van der Waals surface area contributed by atoms with E-state index in [4.69, 9.17) is 10.00 Å². The minimum absolute atomic E-state index is 0.574. The summed E-state index contributed by atoms with van der Waals surface area (Å²) in [7, 11) is 1.63. The van der Waals surface area contributed by atoms with Crippen molar-refractivity contribution in [1.29, 1.82) is 5.26 Å². The van der Waals surface area contributed by atoms with Crippen LogP contribution in [0.15, 0.2) is 59.5 Å². The molecule has 0 N–H and O–H groups in total. The summed E-state index contributed by atoms with van der Waals surface area (Å²) in [5.74, 6) is 12.6. The number of methoxy groups -OCH3 is 1. The molecule has 0 unspecified atom stereocenters. The Morgan fingerprint density at radius 3 is 2.54 bits per heavy atom. The van der Waals surface area contributed by atoms with Gasteiger partial charge in [0.15, 0.2) is 0 Å². The second kappa shape index (κ2) is 9.16. The van der Waals surface area contributed by atoms with E-state index in [0.717, 1.165) is 21.8 Å². The van der Waals surface area contributed by atoms with Gasteiger partial charge in [0.1, 0.15) is 11.8 Å². The third kappa shape index (κ3) is 4.99. The Labute approximate surface area is 148 Å². The van der Waals surface area contributed by atoms with Crippen LogP contribution < -0.4 is 4.74 Å². The molecular weight excluding hydrogens is 314 g/mol. The standard InChI is InChI=1S/C21H15NOS/c1-23-20-14-13-18(21(24)15-20)11-6-4-2-3-5-9-17-10-7-8-12-19(17)16-22/h2-3,7-8,10,12-15,24H,11H2,1H3. The number of nitriles is 1. The molecule has 0 aliphatic heterocycles. The van der Waals surface area contributed by atoms with Gasteiger partial charge >= 0.3 is 0 Å². The maximum Gasteiger partial charge on any atom is 0.119 e. The normalized spacial score (nSPS) is 9.38. The fraction of sp³-hybridized carbons (Fsp3) is 0.0952. The molecule has 0 radical (unpaired) electrons. The number of thiol groups is 1. The smallest absolute Gasteiger partial charge is 0.119 e. The van der Waals surface area contributed by atoms with Crippen molar-refractivity contribution in [1.82, 2.24) is 0 Å². The number of benzene rings is 2. The van der Waals surface area contributed by atoms with Crippen molar-refractivity contribution >= 4 is 12.6 Å². The molecule has 0 amide bonds. The Balaban J connectivity index is 1.96.